The number of benzene rings is 1. The number of likely N-dealkylation sites (N-methyl/N-ethyl adjacent to an activating group) is 1. The Morgan fingerprint density at radius 1 is 1.10 bits per heavy atom. The molecular weight excluding hydrogens is 282 g/mol. The van der Waals surface area contributed by atoms with Crippen LogP contribution >= 0.6 is 11.6 Å². The van der Waals surface area contributed by atoms with Crippen molar-refractivity contribution >= 4 is 11.6 Å². The summed E-state index contributed by atoms with van der Waals surface area (Å²) in [4.78, 5) is 4.71. The number of nitrogens with zero attached hydrogens (tertiary/aromatic N) is 2. The molecule has 3 nitrogen and oxygen atoms in total. The molecule has 120 valence electrons. The Hall–Kier alpha value is -0.610. The van der Waals surface area contributed by atoms with Gasteiger partial charge in [-0.15, -0.1) is 0 Å². The van der Waals surface area contributed by atoms with Gasteiger partial charge in [-0.2, -0.15) is 0 Å². The maximum Gasteiger partial charge on any atom is 0.0498 e. The zero-order valence-electron chi connectivity index (χ0n) is 13.8. The Labute approximate surface area is 135 Å². The Morgan fingerprint density at radius 3 is 2.19 bits per heavy atom. The SMILES string of the molecule is CCC(N)C(c1ccc(Cl)cc1)N(CC)CCCN(C)C. The second kappa shape index (κ2) is 9.42. The number of nitrogens with two attached hydrogens (primary N) is 1. The average molecular weight is 312 g/mol. The molecule has 0 aliphatic rings. The summed E-state index contributed by atoms with van der Waals surface area (Å²) in [6, 6.07) is 8.54. The molecule has 0 bridgehead atoms. The highest BCUT2D eigenvalue weighted by atomic mass is 35.5. The number of hydrogen-bond acceptors (Lipinski definition) is 3. The Kier molecular flexibility index (Phi) is 8.27. The van der Waals surface area contributed by atoms with Crippen molar-refractivity contribution in [3.8, 4) is 0 Å². The topological polar surface area (TPSA) is 32.5 Å². The molecule has 1 aromatic carbocycles. The number of rotatable bonds is 9. The Morgan fingerprint density at radius 2 is 1.71 bits per heavy atom. The van der Waals surface area contributed by atoms with E-state index in [-0.39, 0.29) is 12.1 Å². The van der Waals surface area contributed by atoms with Gasteiger partial charge in [-0.25, -0.2) is 0 Å². The van der Waals surface area contributed by atoms with Gasteiger partial charge in [0.05, 0.1) is 0 Å². The van der Waals surface area contributed by atoms with E-state index in [0.29, 0.717) is 0 Å². The molecule has 1 aromatic rings. The first-order valence-corrected chi connectivity index (χ1v) is 8.27. The fourth-order valence-corrected chi connectivity index (χ4v) is 2.82. The smallest absolute Gasteiger partial charge is 0.0498 e. The van der Waals surface area contributed by atoms with Crippen molar-refractivity contribution in [3.05, 3.63) is 34.9 Å². The van der Waals surface area contributed by atoms with E-state index >= 15 is 0 Å². The molecule has 0 spiro atoms. The van der Waals surface area contributed by atoms with Crippen LogP contribution in [-0.2, 0) is 0 Å². The molecule has 2 atom stereocenters. The highest BCUT2D eigenvalue weighted by molar-refractivity contribution is 6.30. The maximum absolute atomic E-state index is 6.41. The third kappa shape index (κ3) is 5.95. The molecule has 1 rings (SSSR count). The second-order valence-corrected chi connectivity index (χ2v) is 6.29. The van der Waals surface area contributed by atoms with E-state index in [4.69, 9.17) is 17.3 Å². The molecule has 0 aliphatic carbocycles. The molecule has 0 saturated carbocycles. The van der Waals surface area contributed by atoms with E-state index in [2.05, 4.69) is 49.9 Å². The summed E-state index contributed by atoms with van der Waals surface area (Å²) < 4.78 is 0. The lowest BCUT2D eigenvalue weighted by atomic mass is 9.96. The van der Waals surface area contributed by atoms with Gasteiger partial charge in [-0.05, 0) is 57.7 Å². The summed E-state index contributed by atoms with van der Waals surface area (Å²) in [5, 5.41) is 0.776. The molecule has 21 heavy (non-hydrogen) atoms. The van der Waals surface area contributed by atoms with Crippen LogP contribution in [0.2, 0.25) is 5.02 Å². The molecule has 0 aromatic heterocycles. The third-order valence-electron chi connectivity index (χ3n) is 3.94. The third-order valence-corrected chi connectivity index (χ3v) is 4.19. The monoisotopic (exact) mass is 311 g/mol. The van der Waals surface area contributed by atoms with Gasteiger partial charge < -0.3 is 10.6 Å². The van der Waals surface area contributed by atoms with Crippen molar-refractivity contribution in [1.82, 2.24) is 9.80 Å². The highest BCUT2D eigenvalue weighted by Gasteiger charge is 2.24. The summed E-state index contributed by atoms with van der Waals surface area (Å²) in [6.07, 6.45) is 2.12. The fourth-order valence-electron chi connectivity index (χ4n) is 2.70. The van der Waals surface area contributed by atoms with Gasteiger partial charge in [0, 0.05) is 23.7 Å². The normalized spacial score (nSPS) is 14.7. The molecular formula is C17H30ClN3. The van der Waals surface area contributed by atoms with E-state index < -0.39 is 0 Å². The van der Waals surface area contributed by atoms with Gasteiger partial charge >= 0.3 is 0 Å². The lowest BCUT2D eigenvalue weighted by Gasteiger charge is -2.35. The zero-order chi connectivity index (χ0) is 15.8. The van der Waals surface area contributed by atoms with Crippen LogP contribution in [0.4, 0.5) is 0 Å². The molecule has 0 heterocycles. The Balaban J connectivity index is 2.85. The van der Waals surface area contributed by atoms with Crippen molar-refractivity contribution in [1.29, 1.82) is 0 Å². The van der Waals surface area contributed by atoms with E-state index in [1.807, 2.05) is 12.1 Å². The van der Waals surface area contributed by atoms with Gasteiger partial charge in [-0.3, -0.25) is 4.90 Å². The molecule has 2 unspecified atom stereocenters. The van der Waals surface area contributed by atoms with Crippen LogP contribution in [0.15, 0.2) is 24.3 Å². The van der Waals surface area contributed by atoms with Crippen molar-refractivity contribution in [2.75, 3.05) is 33.7 Å². The molecule has 0 fully saturated rings. The highest BCUT2D eigenvalue weighted by Crippen LogP contribution is 2.26. The molecule has 0 amide bonds. The minimum atomic E-state index is 0.144. The number of halogens is 1. The summed E-state index contributed by atoms with van der Waals surface area (Å²) in [6.45, 7) is 7.54. The molecule has 2 N–H and O–H groups in total. The molecule has 0 saturated heterocycles. The van der Waals surface area contributed by atoms with E-state index in [0.717, 1.165) is 37.5 Å². The quantitative estimate of drug-likeness (QED) is 0.758. The lowest BCUT2D eigenvalue weighted by molar-refractivity contribution is 0.170. The van der Waals surface area contributed by atoms with Crippen LogP contribution in [-0.4, -0.2) is 49.6 Å². The number of hydrogen-bond donors (Lipinski definition) is 1. The van der Waals surface area contributed by atoms with Crippen LogP contribution in [0.25, 0.3) is 0 Å². The fraction of sp³-hybridized carbons (Fsp3) is 0.647. The van der Waals surface area contributed by atoms with Crippen LogP contribution in [0, 0.1) is 0 Å². The average Bonchev–Trinajstić information content (AvgIpc) is 2.47. The largest absolute Gasteiger partial charge is 0.326 e. The van der Waals surface area contributed by atoms with Gasteiger partial charge in [0.15, 0.2) is 0 Å². The van der Waals surface area contributed by atoms with Crippen molar-refractivity contribution in [2.24, 2.45) is 5.73 Å². The van der Waals surface area contributed by atoms with Gasteiger partial charge in [0.1, 0.15) is 0 Å². The first-order valence-electron chi connectivity index (χ1n) is 7.89. The predicted molar refractivity (Wildman–Crippen MR) is 92.9 cm³/mol. The van der Waals surface area contributed by atoms with Crippen molar-refractivity contribution in [2.45, 2.75) is 38.8 Å². The van der Waals surface area contributed by atoms with Crippen LogP contribution < -0.4 is 5.73 Å². The molecule has 0 radical (unpaired) electrons. The van der Waals surface area contributed by atoms with Crippen LogP contribution in [0.1, 0.15) is 38.3 Å². The first kappa shape index (κ1) is 18.4. The second-order valence-electron chi connectivity index (χ2n) is 5.85. The van der Waals surface area contributed by atoms with E-state index in [9.17, 15) is 0 Å². The molecule has 0 aliphatic heterocycles. The predicted octanol–water partition coefficient (Wildman–Crippen LogP) is 3.39. The van der Waals surface area contributed by atoms with Crippen molar-refractivity contribution < 1.29 is 0 Å². The minimum absolute atomic E-state index is 0.144. The lowest BCUT2D eigenvalue weighted by Crippen LogP contribution is -2.41. The van der Waals surface area contributed by atoms with Crippen LogP contribution in [0.5, 0.6) is 0 Å². The van der Waals surface area contributed by atoms with Gasteiger partial charge in [0.25, 0.3) is 0 Å². The van der Waals surface area contributed by atoms with Crippen molar-refractivity contribution in [3.63, 3.8) is 0 Å². The zero-order valence-corrected chi connectivity index (χ0v) is 14.6. The summed E-state index contributed by atoms with van der Waals surface area (Å²) >= 11 is 6.01. The molecule has 4 heteroatoms. The maximum atomic E-state index is 6.41. The first-order chi connectivity index (χ1) is 9.99. The van der Waals surface area contributed by atoms with E-state index in [1.165, 1.54) is 5.56 Å². The van der Waals surface area contributed by atoms with Gasteiger partial charge in [0.2, 0.25) is 0 Å². The summed E-state index contributed by atoms with van der Waals surface area (Å²) in [7, 11) is 4.23. The minimum Gasteiger partial charge on any atom is -0.326 e. The summed E-state index contributed by atoms with van der Waals surface area (Å²) in [5.41, 5.74) is 7.67. The standard InChI is InChI=1S/C17H30ClN3/c1-5-16(19)17(14-8-10-15(18)11-9-14)21(6-2)13-7-12-20(3)4/h8-11,16-17H,5-7,12-13,19H2,1-4H3. The summed E-state index contributed by atoms with van der Waals surface area (Å²) in [5.74, 6) is 0. The van der Waals surface area contributed by atoms with E-state index in [1.54, 1.807) is 0 Å². The Bertz CT molecular complexity index is 392. The van der Waals surface area contributed by atoms with Crippen LogP contribution in [0.3, 0.4) is 0 Å². The van der Waals surface area contributed by atoms with Gasteiger partial charge in [-0.1, -0.05) is 37.6 Å².